The third kappa shape index (κ3) is 53.6. The number of rotatable bonds is 76. The van der Waals surface area contributed by atoms with Gasteiger partial charge in [0.05, 0.1) is 85.9 Å². The summed E-state index contributed by atoms with van der Waals surface area (Å²) in [5, 5.41) is 133. The van der Waals surface area contributed by atoms with Crippen LogP contribution in [0.15, 0.2) is 0 Å². The van der Waals surface area contributed by atoms with Gasteiger partial charge in [-0.3, -0.25) is 57.5 Å². The van der Waals surface area contributed by atoms with Gasteiger partial charge in [-0.15, -0.1) is 0 Å². The van der Waals surface area contributed by atoms with Gasteiger partial charge in [0.2, 0.25) is 70.9 Å². The van der Waals surface area contributed by atoms with Crippen molar-refractivity contribution < 1.29 is 170 Å². The summed E-state index contributed by atoms with van der Waals surface area (Å²) in [7, 11) is 1.55. The van der Waals surface area contributed by atoms with Crippen LogP contribution in [-0.2, 0) is 119 Å². The molecular formula is C83H150N12O35. The summed E-state index contributed by atoms with van der Waals surface area (Å²) in [6.45, 7) is 4.40. The number of amides is 12. The van der Waals surface area contributed by atoms with E-state index in [1.165, 1.54) is 20.8 Å². The molecule has 0 aliphatic carbocycles. The van der Waals surface area contributed by atoms with Gasteiger partial charge in [-0.05, 0) is 96.3 Å². The van der Waals surface area contributed by atoms with Crippen molar-refractivity contribution in [3.8, 4) is 0 Å². The molecule has 12 amide bonds. The Morgan fingerprint density at radius 2 is 0.608 bits per heavy atom. The van der Waals surface area contributed by atoms with Gasteiger partial charge in [0.1, 0.15) is 92.9 Å². The first-order valence-corrected chi connectivity index (χ1v) is 45.1. The SMILES string of the molecule is COCC(CO)CCCCNC(=O)C[C@H](CCCCNC(=O)COCCOCCNC(=O)CCCCO[C@@H]1OC(CO)[C@H](O)[C@H](O)C1NC(C)=O)NC(=O)C[C@H](CCCCNC(=O)COCCOCCNC(=O)CCCCO[C@@H]1OC(CO)[C@H](O)[C@H](O)C1NC(C)=O)NC(=O)CCCNC(=O)COCCOCCNC(=O)CCCCO[C@@H]1OC(CO)[C@H](O)[C@H](O)C1NC(C)=O. The molecule has 0 radical (unpaired) electrons. The van der Waals surface area contributed by atoms with Gasteiger partial charge in [0, 0.05) is 157 Å². The van der Waals surface area contributed by atoms with Crippen LogP contribution >= 0.6 is 0 Å². The predicted molar refractivity (Wildman–Crippen MR) is 458 cm³/mol. The van der Waals surface area contributed by atoms with Crippen LogP contribution in [0.5, 0.6) is 0 Å². The zero-order chi connectivity index (χ0) is 95.6. The van der Waals surface area contributed by atoms with Crippen LogP contribution in [0.25, 0.3) is 0 Å². The first kappa shape index (κ1) is 117. The lowest BCUT2D eigenvalue weighted by Gasteiger charge is -2.42. The molecule has 3 aliphatic heterocycles. The molecule has 22 N–H and O–H groups in total. The third-order valence-electron chi connectivity index (χ3n) is 20.6. The summed E-state index contributed by atoms with van der Waals surface area (Å²) in [6, 6.07) is -4.60. The van der Waals surface area contributed by atoms with Crippen molar-refractivity contribution in [1.82, 2.24) is 63.8 Å². The standard InChI is InChI=1S/C83H150N12O35/c1-54(100)91-72-78(115)75(112)60(47-97)128-81(72)125-32-14-8-21-63(103)88-29-35-119-38-41-122-51-69(109)85-26-12-6-19-58(44-67(107)84-25-11-5-18-57(46-96)50-118-4)95-68(108)45-59(20-7-13-27-86-70(110)52-123-42-39-120-36-30-89-64(104)22-9-15-33-126-82-73(92-55(2)101)79(116)76(113)61(48-98)129-82)94-66(106)24-17-28-87-71(111)53-124-43-40-121-37-31-90-65(105)23-10-16-34-127-83-74(93-56(3)102)80(117)77(114)62(49-99)130-83/h57-62,72-83,96-99,112-117H,5-53H2,1-4H3,(H,84,107)(H,85,109)(H,86,110)(H,87,111)(H,88,103)(H,89,104)(H,90,105)(H,91,100)(H,92,101)(H,93,102)(H,94,106)(H,95,108)/t57?,58-,59-,60?,61?,62?,72?,73?,74?,75-,76-,77-,78+,79+,80+,81+,82+,83+/m0/s1. The van der Waals surface area contributed by atoms with Gasteiger partial charge in [-0.25, -0.2) is 0 Å². The zero-order valence-corrected chi connectivity index (χ0v) is 75.7. The normalized spacial score (nSPS) is 22.6. The van der Waals surface area contributed by atoms with E-state index in [2.05, 4.69) is 63.8 Å². The number of carbonyl (C=O) groups is 12. The molecule has 0 aromatic heterocycles. The number of nitrogens with one attached hydrogen (secondary N) is 12. The predicted octanol–water partition coefficient (Wildman–Crippen LogP) is -7.41. The van der Waals surface area contributed by atoms with E-state index in [1.54, 1.807) is 7.11 Å². The number of hydrogen-bond acceptors (Lipinski definition) is 35. The topological polar surface area (TPSA) is 671 Å². The fourth-order valence-electron chi connectivity index (χ4n) is 13.7. The molecule has 3 heterocycles. The zero-order valence-electron chi connectivity index (χ0n) is 75.7. The average Bonchev–Trinajstić information content (AvgIpc) is 0.817. The minimum absolute atomic E-state index is 0.0332. The van der Waals surface area contributed by atoms with Gasteiger partial charge in [-0.1, -0.05) is 6.42 Å². The van der Waals surface area contributed by atoms with Crippen LogP contribution < -0.4 is 63.8 Å². The van der Waals surface area contributed by atoms with Crippen molar-refractivity contribution in [2.24, 2.45) is 5.92 Å². The number of unbranched alkanes of at least 4 members (excludes halogenated alkanes) is 6. The molecule has 0 bridgehead atoms. The highest BCUT2D eigenvalue weighted by atomic mass is 16.7. The maximum Gasteiger partial charge on any atom is 0.245 e. The Labute approximate surface area is 759 Å². The first-order valence-electron chi connectivity index (χ1n) is 45.1. The lowest BCUT2D eigenvalue weighted by Crippen LogP contribution is -2.64. The molecule has 0 spiro atoms. The Morgan fingerprint density at radius 1 is 0.308 bits per heavy atom. The number of ether oxygens (including phenoxy) is 13. The van der Waals surface area contributed by atoms with Crippen molar-refractivity contribution in [1.29, 1.82) is 0 Å². The molecule has 18 atom stereocenters. The van der Waals surface area contributed by atoms with E-state index in [9.17, 15) is 109 Å². The van der Waals surface area contributed by atoms with Crippen molar-refractivity contribution >= 4 is 70.9 Å². The van der Waals surface area contributed by atoms with Crippen molar-refractivity contribution in [3.63, 3.8) is 0 Å². The smallest absolute Gasteiger partial charge is 0.245 e. The highest BCUT2D eigenvalue weighted by Gasteiger charge is 2.48. The molecular weight excluding hydrogens is 1720 g/mol. The first-order chi connectivity index (χ1) is 62.5. The minimum Gasteiger partial charge on any atom is -0.396 e. The fraction of sp³-hybridized carbons (Fsp3) is 0.855. The highest BCUT2D eigenvalue weighted by Crippen LogP contribution is 2.26. The average molecular weight is 1880 g/mol. The van der Waals surface area contributed by atoms with Gasteiger partial charge in [-0.2, -0.15) is 0 Å². The molecule has 47 heteroatoms. The molecule has 0 aromatic rings. The van der Waals surface area contributed by atoms with Gasteiger partial charge < -0.3 is 176 Å². The Hall–Kier alpha value is -7.28. The molecule has 3 saturated heterocycles. The van der Waals surface area contributed by atoms with Crippen molar-refractivity contribution in [2.45, 2.75) is 266 Å². The van der Waals surface area contributed by atoms with Crippen LogP contribution in [0, 0.1) is 5.92 Å². The maximum absolute atomic E-state index is 14.1. The van der Waals surface area contributed by atoms with Crippen LogP contribution in [0.2, 0.25) is 0 Å². The van der Waals surface area contributed by atoms with Crippen LogP contribution in [0.1, 0.15) is 162 Å². The summed E-state index contributed by atoms with van der Waals surface area (Å²) >= 11 is 0. The minimum atomic E-state index is -1.45. The van der Waals surface area contributed by atoms with E-state index >= 15 is 0 Å². The lowest BCUT2D eigenvalue weighted by molar-refractivity contribution is -0.270. The molecule has 0 saturated carbocycles. The number of aliphatic hydroxyl groups excluding tert-OH is 10. The molecule has 3 aliphatic rings. The van der Waals surface area contributed by atoms with Gasteiger partial charge >= 0.3 is 0 Å². The second-order valence-electron chi connectivity index (χ2n) is 31.8. The van der Waals surface area contributed by atoms with E-state index in [-0.39, 0.29) is 225 Å². The third-order valence-corrected chi connectivity index (χ3v) is 20.6. The monoisotopic (exact) mass is 1880 g/mol. The lowest BCUT2D eigenvalue weighted by atomic mass is 9.97. The number of hydrogen-bond donors (Lipinski definition) is 22. The second-order valence-corrected chi connectivity index (χ2v) is 31.8. The summed E-state index contributed by atoms with van der Waals surface area (Å²) < 4.78 is 71.8. The molecule has 130 heavy (non-hydrogen) atoms. The number of carbonyl (C=O) groups excluding carboxylic acids is 12. The second kappa shape index (κ2) is 72.2. The largest absolute Gasteiger partial charge is 0.396 e. The fourth-order valence-corrected chi connectivity index (χ4v) is 13.7. The molecule has 0 aromatic carbocycles. The van der Waals surface area contributed by atoms with E-state index in [0.29, 0.717) is 109 Å². The molecule has 3 fully saturated rings. The van der Waals surface area contributed by atoms with Crippen molar-refractivity contribution in [2.75, 3.05) is 185 Å². The maximum atomic E-state index is 14.1. The summed E-state index contributed by atoms with van der Waals surface area (Å²) in [6.07, 6.45) is -8.02. The quantitative estimate of drug-likeness (QED) is 0.0252. The van der Waals surface area contributed by atoms with Gasteiger partial charge in [0.15, 0.2) is 18.9 Å². The van der Waals surface area contributed by atoms with Gasteiger partial charge in [0.25, 0.3) is 0 Å². The highest BCUT2D eigenvalue weighted by molar-refractivity contribution is 5.82. The Kier molecular flexibility index (Phi) is 64.9. The number of aliphatic hydroxyl groups is 10. The Morgan fingerprint density at radius 3 is 0.938 bits per heavy atom. The van der Waals surface area contributed by atoms with Crippen LogP contribution in [-0.4, -0.2) is 411 Å². The summed E-state index contributed by atoms with van der Waals surface area (Å²) in [5.74, 6) is -4.64. The van der Waals surface area contributed by atoms with Crippen molar-refractivity contribution in [3.05, 3.63) is 0 Å². The Balaban J connectivity index is 1.45. The summed E-state index contributed by atoms with van der Waals surface area (Å²) in [5.41, 5.74) is 0. The van der Waals surface area contributed by atoms with E-state index in [1.807, 2.05) is 0 Å². The molecule has 3 rings (SSSR count). The molecule has 752 valence electrons. The van der Waals surface area contributed by atoms with Crippen LogP contribution in [0.4, 0.5) is 0 Å². The van der Waals surface area contributed by atoms with E-state index < -0.39 is 165 Å². The Bertz CT molecular complexity index is 3170. The summed E-state index contributed by atoms with van der Waals surface area (Å²) in [4.78, 5) is 151. The number of methoxy groups -OCH3 is 1. The molecule has 47 nitrogen and oxygen atoms in total. The molecule has 7 unspecified atom stereocenters. The van der Waals surface area contributed by atoms with Crippen LogP contribution in [0.3, 0.4) is 0 Å². The van der Waals surface area contributed by atoms with E-state index in [0.717, 1.165) is 0 Å². The van der Waals surface area contributed by atoms with E-state index in [4.69, 9.17) is 61.6 Å².